The number of nitrogens with one attached hydrogen (secondary N) is 2. The molecule has 2 aromatic rings. The molecule has 0 atom stereocenters. The first kappa shape index (κ1) is 22.0. The molecule has 0 amide bonds. The number of methoxy groups -OCH3 is 1. The zero-order valence-electron chi connectivity index (χ0n) is 15.2. The minimum Gasteiger partial charge on any atom is -0.493 e. The number of nitrogens with zero attached hydrogens (tertiary/aromatic N) is 1. The zero-order valence-corrected chi connectivity index (χ0v) is 17.5. The van der Waals surface area contributed by atoms with E-state index in [4.69, 9.17) is 9.47 Å². The summed E-state index contributed by atoms with van der Waals surface area (Å²) < 4.78 is 24.5. The highest BCUT2D eigenvalue weighted by atomic mass is 127. The fourth-order valence-corrected chi connectivity index (χ4v) is 2.35. The van der Waals surface area contributed by atoms with Crippen LogP contribution < -0.4 is 20.1 Å². The van der Waals surface area contributed by atoms with Crippen LogP contribution in [0.2, 0.25) is 0 Å². The van der Waals surface area contributed by atoms with Gasteiger partial charge in [0, 0.05) is 25.3 Å². The molecule has 2 aromatic carbocycles. The number of hydrogen-bond donors (Lipinski definition) is 2. The van der Waals surface area contributed by atoms with Gasteiger partial charge in [-0.2, -0.15) is 0 Å². The van der Waals surface area contributed by atoms with Gasteiger partial charge in [-0.3, -0.25) is 4.99 Å². The number of guanidine groups is 1. The molecule has 0 aliphatic heterocycles. The van der Waals surface area contributed by atoms with Crippen molar-refractivity contribution in [3.8, 4) is 11.5 Å². The summed E-state index contributed by atoms with van der Waals surface area (Å²) in [4.78, 5) is 4.18. The van der Waals surface area contributed by atoms with E-state index in [-0.39, 0.29) is 29.8 Å². The van der Waals surface area contributed by atoms with E-state index < -0.39 is 0 Å². The molecule has 26 heavy (non-hydrogen) atoms. The number of ether oxygens (including phenoxy) is 2. The van der Waals surface area contributed by atoms with E-state index in [1.54, 1.807) is 26.3 Å². The van der Waals surface area contributed by atoms with E-state index in [0.29, 0.717) is 42.6 Å². The summed E-state index contributed by atoms with van der Waals surface area (Å²) in [6, 6.07) is 12.3. The second kappa shape index (κ2) is 11.6. The lowest BCUT2D eigenvalue weighted by atomic mass is 10.1. The summed E-state index contributed by atoms with van der Waals surface area (Å²) >= 11 is 0. The molecule has 0 heterocycles. The maximum Gasteiger partial charge on any atom is 0.195 e. The number of benzene rings is 2. The lowest BCUT2D eigenvalue weighted by Crippen LogP contribution is -2.32. The fraction of sp³-hybridized carbons (Fsp3) is 0.316. The molecule has 0 unspecified atom stereocenters. The highest BCUT2D eigenvalue weighted by Gasteiger charge is 2.07. The van der Waals surface area contributed by atoms with E-state index in [0.717, 1.165) is 5.69 Å². The van der Waals surface area contributed by atoms with Crippen LogP contribution in [-0.4, -0.2) is 33.3 Å². The molecule has 0 saturated heterocycles. The number of rotatable bonds is 7. The van der Waals surface area contributed by atoms with Crippen molar-refractivity contribution >= 4 is 35.6 Å². The van der Waals surface area contributed by atoms with Gasteiger partial charge < -0.3 is 20.1 Å². The Morgan fingerprint density at radius 2 is 1.92 bits per heavy atom. The van der Waals surface area contributed by atoms with Crippen LogP contribution in [0.5, 0.6) is 11.5 Å². The fourth-order valence-electron chi connectivity index (χ4n) is 2.35. The van der Waals surface area contributed by atoms with Gasteiger partial charge >= 0.3 is 0 Å². The highest BCUT2D eigenvalue weighted by molar-refractivity contribution is 14.0. The van der Waals surface area contributed by atoms with Crippen molar-refractivity contribution in [1.82, 2.24) is 5.32 Å². The standard InChI is InChI=1S/C19H24FN3O2.HI/c1-4-25-17-10-9-15(13-18(17)24-3)23-19(21-2)22-12-11-14-7-5-6-8-16(14)20;/h5-10,13H,4,11-12H2,1-3H3,(H2,21,22,23);1H. The third-order valence-electron chi connectivity index (χ3n) is 3.59. The van der Waals surface area contributed by atoms with Crippen LogP contribution in [0, 0.1) is 5.82 Å². The maximum atomic E-state index is 13.6. The van der Waals surface area contributed by atoms with Gasteiger partial charge in [0.15, 0.2) is 17.5 Å². The van der Waals surface area contributed by atoms with Crippen LogP contribution in [0.4, 0.5) is 10.1 Å². The maximum absolute atomic E-state index is 13.6. The van der Waals surface area contributed by atoms with Crippen molar-refractivity contribution in [2.24, 2.45) is 4.99 Å². The van der Waals surface area contributed by atoms with Crippen molar-refractivity contribution in [2.75, 3.05) is 32.6 Å². The summed E-state index contributed by atoms with van der Waals surface area (Å²) in [6.45, 7) is 3.06. The molecule has 0 aliphatic carbocycles. The van der Waals surface area contributed by atoms with Gasteiger partial charge in [0.2, 0.25) is 0 Å². The van der Waals surface area contributed by atoms with Gasteiger partial charge in [-0.25, -0.2) is 4.39 Å². The summed E-state index contributed by atoms with van der Waals surface area (Å²) in [5.41, 5.74) is 1.49. The second-order valence-electron chi connectivity index (χ2n) is 5.26. The van der Waals surface area contributed by atoms with E-state index in [9.17, 15) is 4.39 Å². The highest BCUT2D eigenvalue weighted by Crippen LogP contribution is 2.30. The van der Waals surface area contributed by atoms with Crippen molar-refractivity contribution in [1.29, 1.82) is 0 Å². The van der Waals surface area contributed by atoms with Gasteiger partial charge in [-0.15, -0.1) is 24.0 Å². The first-order chi connectivity index (χ1) is 12.2. The predicted molar refractivity (Wildman–Crippen MR) is 115 cm³/mol. The first-order valence-corrected chi connectivity index (χ1v) is 8.19. The molecule has 0 radical (unpaired) electrons. The molecule has 5 nitrogen and oxygen atoms in total. The Balaban J connectivity index is 0.00000338. The molecule has 0 aliphatic rings. The SMILES string of the molecule is CCOc1ccc(NC(=NC)NCCc2ccccc2F)cc1OC.I. The van der Waals surface area contributed by atoms with Crippen LogP contribution in [0.15, 0.2) is 47.5 Å². The Morgan fingerprint density at radius 3 is 2.58 bits per heavy atom. The molecule has 0 bridgehead atoms. The van der Waals surface area contributed by atoms with Crippen molar-refractivity contribution < 1.29 is 13.9 Å². The molecule has 2 N–H and O–H groups in total. The third-order valence-corrected chi connectivity index (χ3v) is 3.59. The third kappa shape index (κ3) is 6.36. The van der Waals surface area contributed by atoms with Crippen LogP contribution in [0.1, 0.15) is 12.5 Å². The predicted octanol–water partition coefficient (Wildman–Crippen LogP) is 4.08. The van der Waals surface area contributed by atoms with Crippen LogP contribution >= 0.6 is 24.0 Å². The summed E-state index contributed by atoms with van der Waals surface area (Å²) in [6.07, 6.45) is 0.569. The monoisotopic (exact) mass is 473 g/mol. The minimum atomic E-state index is -0.191. The van der Waals surface area contributed by atoms with Crippen LogP contribution in [0.25, 0.3) is 0 Å². The van der Waals surface area contributed by atoms with Gasteiger partial charge in [0.05, 0.1) is 13.7 Å². The smallest absolute Gasteiger partial charge is 0.195 e. The van der Waals surface area contributed by atoms with Gasteiger partial charge in [0.25, 0.3) is 0 Å². The summed E-state index contributed by atoms with van der Waals surface area (Å²) in [7, 11) is 3.29. The molecule has 0 aromatic heterocycles. The van der Waals surface area contributed by atoms with E-state index in [1.807, 2.05) is 31.2 Å². The molecule has 142 valence electrons. The summed E-state index contributed by atoms with van der Waals surface area (Å²) in [5, 5.41) is 6.35. The van der Waals surface area contributed by atoms with Crippen LogP contribution in [-0.2, 0) is 6.42 Å². The molecule has 2 rings (SSSR count). The van der Waals surface area contributed by atoms with Gasteiger partial charge in [-0.1, -0.05) is 18.2 Å². The van der Waals surface area contributed by atoms with Crippen molar-refractivity contribution in [3.63, 3.8) is 0 Å². The molecule has 0 spiro atoms. The Kier molecular flexibility index (Phi) is 9.79. The Bertz CT molecular complexity index is 726. The lowest BCUT2D eigenvalue weighted by Gasteiger charge is -2.14. The number of aliphatic imine (C=N–C) groups is 1. The van der Waals surface area contributed by atoms with Gasteiger partial charge in [0.1, 0.15) is 5.82 Å². The number of hydrogen-bond acceptors (Lipinski definition) is 3. The number of halogens is 2. The molecule has 0 saturated carbocycles. The van der Waals surface area contributed by atoms with Crippen LogP contribution in [0.3, 0.4) is 0 Å². The molecule has 0 fully saturated rings. The van der Waals surface area contributed by atoms with E-state index in [1.165, 1.54) is 6.07 Å². The van der Waals surface area contributed by atoms with Crippen molar-refractivity contribution in [3.05, 3.63) is 53.8 Å². The molecule has 7 heteroatoms. The quantitative estimate of drug-likeness (QED) is 0.362. The zero-order chi connectivity index (χ0) is 18.1. The van der Waals surface area contributed by atoms with Crippen molar-refractivity contribution in [2.45, 2.75) is 13.3 Å². The minimum absolute atomic E-state index is 0. The summed E-state index contributed by atoms with van der Waals surface area (Å²) in [5.74, 6) is 1.75. The Hall–Kier alpha value is -2.03. The first-order valence-electron chi connectivity index (χ1n) is 8.19. The molecular formula is C19H25FIN3O2. The molecular weight excluding hydrogens is 448 g/mol. The average molecular weight is 473 g/mol. The number of anilines is 1. The average Bonchev–Trinajstić information content (AvgIpc) is 2.63. The topological polar surface area (TPSA) is 54.9 Å². The normalized spacial score (nSPS) is 10.7. The van der Waals surface area contributed by atoms with Gasteiger partial charge in [-0.05, 0) is 37.1 Å². The lowest BCUT2D eigenvalue weighted by molar-refractivity contribution is 0.311. The van der Waals surface area contributed by atoms with E-state index >= 15 is 0 Å². The second-order valence-corrected chi connectivity index (χ2v) is 5.26. The Morgan fingerprint density at radius 1 is 1.15 bits per heavy atom. The van der Waals surface area contributed by atoms with E-state index in [2.05, 4.69) is 15.6 Å². The Labute approximate surface area is 171 Å². The largest absolute Gasteiger partial charge is 0.493 e.